The van der Waals surface area contributed by atoms with Crippen molar-refractivity contribution in [1.82, 2.24) is 19.1 Å². The van der Waals surface area contributed by atoms with E-state index in [9.17, 15) is 9.90 Å². The molecule has 0 aliphatic heterocycles. The molecule has 0 radical (unpaired) electrons. The lowest BCUT2D eigenvalue weighted by atomic mass is 10.0. The number of ether oxygens (including phenoxy) is 2. The molecule has 2 aromatic carbocycles. The minimum absolute atomic E-state index is 0.312. The number of thiophene rings is 2. The first-order valence-electron chi connectivity index (χ1n) is 19.1. The molecular formula is C46H46N4O6S2. The molecule has 1 N–H and O–H groups in total. The number of aromatic nitrogens is 4. The van der Waals surface area contributed by atoms with Crippen LogP contribution in [0.15, 0.2) is 117 Å². The fourth-order valence-electron chi connectivity index (χ4n) is 6.77. The highest BCUT2D eigenvalue weighted by Gasteiger charge is 2.16. The van der Waals surface area contributed by atoms with Gasteiger partial charge >= 0.3 is 5.97 Å². The number of carbonyl (C=O) groups is 1. The number of rotatable bonds is 15. The fraction of sp³-hybridized carbons (Fsp3) is 0.239. The standard InChI is InChI=1S/C23H22N2O4S.C23H24N2O2S/c1-15-21(24-16(2)29-15)8-9-28-19-6-3-5-17(12-19)11-18-13-25(14-20(18)23(26)27)22-7-4-10-30-22;1-16-14-25(23-8-5-11-28-23)15-20(16)12-19-6-4-7-21(13-19)26-10-9-22-17(2)27-18(3)24-22/h3-7,10,12-14H,8-9,11H2,1-2H3,(H,26,27);4-8,11,13-15H,9-10,12H2,1-3H3. The highest BCUT2D eigenvalue weighted by atomic mass is 32.1. The summed E-state index contributed by atoms with van der Waals surface area (Å²) in [6.45, 7) is 10.8. The van der Waals surface area contributed by atoms with Gasteiger partial charge in [-0.15, -0.1) is 22.7 Å². The van der Waals surface area contributed by atoms with Gasteiger partial charge in [-0.25, -0.2) is 14.8 Å². The second kappa shape index (κ2) is 18.4. The van der Waals surface area contributed by atoms with Gasteiger partial charge in [-0.05, 0) is 121 Å². The third-order valence-corrected chi connectivity index (χ3v) is 11.4. The molecule has 0 amide bonds. The van der Waals surface area contributed by atoms with Crippen LogP contribution in [0.4, 0.5) is 0 Å². The number of hydrogen-bond donors (Lipinski definition) is 1. The summed E-state index contributed by atoms with van der Waals surface area (Å²) in [5.41, 5.74) is 7.83. The summed E-state index contributed by atoms with van der Waals surface area (Å²) in [6, 6.07) is 24.2. The summed E-state index contributed by atoms with van der Waals surface area (Å²) in [5, 5.41) is 15.9. The first-order valence-corrected chi connectivity index (χ1v) is 20.8. The van der Waals surface area contributed by atoms with E-state index in [0.29, 0.717) is 43.4 Å². The van der Waals surface area contributed by atoms with Gasteiger partial charge in [0.15, 0.2) is 11.8 Å². The number of aryl methyl sites for hydroxylation is 5. The van der Waals surface area contributed by atoms with Gasteiger partial charge in [0.05, 0.1) is 40.2 Å². The lowest BCUT2D eigenvalue weighted by Crippen LogP contribution is -2.03. The average Bonchev–Trinajstić information content (AvgIpc) is 4.06. The molecule has 10 nitrogen and oxygen atoms in total. The Morgan fingerprint density at radius 2 is 1.16 bits per heavy atom. The van der Waals surface area contributed by atoms with Crippen molar-refractivity contribution in [2.75, 3.05) is 13.2 Å². The molecule has 298 valence electrons. The van der Waals surface area contributed by atoms with E-state index in [2.05, 4.69) is 69.6 Å². The highest BCUT2D eigenvalue weighted by Crippen LogP contribution is 2.25. The Hall–Kier alpha value is -6.11. The Morgan fingerprint density at radius 1 is 0.655 bits per heavy atom. The van der Waals surface area contributed by atoms with Crippen LogP contribution in [0.3, 0.4) is 0 Å². The van der Waals surface area contributed by atoms with E-state index in [1.165, 1.54) is 21.7 Å². The molecule has 0 fully saturated rings. The van der Waals surface area contributed by atoms with Gasteiger partial charge in [-0.1, -0.05) is 24.3 Å². The van der Waals surface area contributed by atoms with Crippen molar-refractivity contribution >= 4 is 28.6 Å². The molecule has 8 aromatic rings. The van der Waals surface area contributed by atoms with E-state index in [1.807, 2.05) is 86.3 Å². The maximum Gasteiger partial charge on any atom is 0.337 e. The van der Waals surface area contributed by atoms with E-state index in [-0.39, 0.29) is 0 Å². The SMILES string of the molecule is Cc1nc(CCOc2cccc(Cc3cn(-c4cccs4)cc3C(=O)O)c2)c(C)o1.Cc1nc(CCOc2cccc(Cc3cn(-c4cccs4)cc3C)c2)c(C)o1. The van der Waals surface area contributed by atoms with Crippen LogP contribution in [0.1, 0.15) is 72.9 Å². The van der Waals surface area contributed by atoms with Crippen LogP contribution in [-0.2, 0) is 25.7 Å². The summed E-state index contributed by atoms with van der Waals surface area (Å²) in [7, 11) is 0. The van der Waals surface area contributed by atoms with Gasteiger partial charge in [0.1, 0.15) is 23.0 Å². The minimum Gasteiger partial charge on any atom is -0.493 e. The zero-order valence-corrected chi connectivity index (χ0v) is 34.9. The first-order chi connectivity index (χ1) is 28.1. The van der Waals surface area contributed by atoms with E-state index in [1.54, 1.807) is 28.9 Å². The Bertz CT molecular complexity index is 2580. The van der Waals surface area contributed by atoms with E-state index in [4.69, 9.17) is 18.3 Å². The molecule has 0 aliphatic rings. The van der Waals surface area contributed by atoms with Gasteiger partial charge in [0.2, 0.25) is 0 Å². The van der Waals surface area contributed by atoms with Crippen molar-refractivity contribution in [2.45, 2.75) is 60.3 Å². The summed E-state index contributed by atoms with van der Waals surface area (Å²) < 4.78 is 26.8. The van der Waals surface area contributed by atoms with E-state index >= 15 is 0 Å². The van der Waals surface area contributed by atoms with Crippen LogP contribution >= 0.6 is 22.7 Å². The highest BCUT2D eigenvalue weighted by molar-refractivity contribution is 7.12. The second-order valence-electron chi connectivity index (χ2n) is 14.0. The number of aromatic carboxylic acids is 1. The van der Waals surface area contributed by atoms with Crippen LogP contribution in [0.5, 0.6) is 11.5 Å². The molecule has 12 heteroatoms. The topological polar surface area (TPSA) is 118 Å². The van der Waals surface area contributed by atoms with Crippen molar-refractivity contribution in [3.05, 3.63) is 176 Å². The summed E-state index contributed by atoms with van der Waals surface area (Å²) in [5.74, 6) is 3.78. The lowest BCUT2D eigenvalue weighted by Gasteiger charge is -2.08. The predicted molar refractivity (Wildman–Crippen MR) is 228 cm³/mol. The van der Waals surface area contributed by atoms with Crippen LogP contribution in [0.25, 0.3) is 10.0 Å². The molecule has 0 aliphatic carbocycles. The normalized spacial score (nSPS) is 11.1. The zero-order chi connectivity index (χ0) is 40.6. The van der Waals surface area contributed by atoms with Crippen molar-refractivity contribution in [1.29, 1.82) is 0 Å². The van der Waals surface area contributed by atoms with E-state index in [0.717, 1.165) is 63.4 Å². The molecule has 0 saturated carbocycles. The summed E-state index contributed by atoms with van der Waals surface area (Å²) in [4.78, 5) is 20.5. The number of hydrogen-bond acceptors (Lipinski definition) is 9. The second-order valence-corrected chi connectivity index (χ2v) is 15.9. The lowest BCUT2D eigenvalue weighted by molar-refractivity contribution is 0.0696. The Morgan fingerprint density at radius 3 is 1.62 bits per heavy atom. The van der Waals surface area contributed by atoms with Gasteiger partial charge in [-0.2, -0.15) is 0 Å². The molecule has 8 rings (SSSR count). The molecular weight excluding hydrogens is 769 g/mol. The number of benzene rings is 2. The summed E-state index contributed by atoms with van der Waals surface area (Å²) in [6.07, 6.45) is 10.8. The van der Waals surface area contributed by atoms with Crippen LogP contribution in [0, 0.1) is 34.6 Å². The van der Waals surface area contributed by atoms with Crippen molar-refractivity contribution in [3.8, 4) is 21.5 Å². The minimum atomic E-state index is -0.925. The van der Waals surface area contributed by atoms with Gasteiger partial charge < -0.3 is 32.5 Å². The maximum absolute atomic E-state index is 11.7. The zero-order valence-electron chi connectivity index (χ0n) is 33.2. The predicted octanol–water partition coefficient (Wildman–Crippen LogP) is 10.7. The smallest absolute Gasteiger partial charge is 0.337 e. The average molecular weight is 815 g/mol. The Balaban J connectivity index is 0.000000177. The Kier molecular flexibility index (Phi) is 12.7. The molecule has 0 bridgehead atoms. The molecule has 0 atom stereocenters. The van der Waals surface area contributed by atoms with Crippen molar-refractivity contribution < 1.29 is 28.2 Å². The largest absolute Gasteiger partial charge is 0.493 e. The molecule has 0 saturated heterocycles. The van der Waals surface area contributed by atoms with Crippen LogP contribution < -0.4 is 9.47 Å². The van der Waals surface area contributed by atoms with Crippen LogP contribution in [-0.4, -0.2) is 43.4 Å². The van der Waals surface area contributed by atoms with Gasteiger partial charge in [0.25, 0.3) is 0 Å². The molecule has 58 heavy (non-hydrogen) atoms. The monoisotopic (exact) mass is 814 g/mol. The first kappa shape index (κ1) is 40.1. The third kappa shape index (κ3) is 10.2. The molecule has 6 aromatic heterocycles. The number of nitrogens with zero attached hydrogens (tertiary/aromatic N) is 4. The Labute approximate surface area is 346 Å². The van der Waals surface area contributed by atoms with Gasteiger partial charge in [-0.3, -0.25) is 0 Å². The molecule has 0 unspecified atom stereocenters. The van der Waals surface area contributed by atoms with Gasteiger partial charge in [0, 0.05) is 51.5 Å². The number of carboxylic acids is 1. The van der Waals surface area contributed by atoms with Crippen molar-refractivity contribution in [2.24, 2.45) is 0 Å². The number of carboxylic acid groups (broad SMARTS) is 1. The summed E-state index contributed by atoms with van der Waals surface area (Å²) >= 11 is 3.31. The quantitative estimate of drug-likeness (QED) is 0.109. The molecule has 6 heterocycles. The number of oxazole rings is 2. The fourth-order valence-corrected chi connectivity index (χ4v) is 8.13. The third-order valence-electron chi connectivity index (χ3n) is 9.60. The maximum atomic E-state index is 11.7. The van der Waals surface area contributed by atoms with Crippen molar-refractivity contribution in [3.63, 3.8) is 0 Å². The molecule has 0 spiro atoms. The van der Waals surface area contributed by atoms with Crippen LogP contribution in [0.2, 0.25) is 0 Å². The van der Waals surface area contributed by atoms with E-state index < -0.39 is 5.97 Å².